The number of esters is 1. The first-order valence-corrected chi connectivity index (χ1v) is 13.5. The van der Waals surface area contributed by atoms with Crippen LogP contribution in [0.3, 0.4) is 0 Å². The summed E-state index contributed by atoms with van der Waals surface area (Å²) in [5, 5.41) is 3.11. The molecule has 0 spiro atoms. The molecule has 1 aliphatic heterocycles. The number of amides is 1. The van der Waals surface area contributed by atoms with Crippen LogP contribution < -0.4 is 11.1 Å². The van der Waals surface area contributed by atoms with Crippen molar-refractivity contribution >= 4 is 22.7 Å². The predicted molar refractivity (Wildman–Crippen MR) is 144 cm³/mol. The van der Waals surface area contributed by atoms with E-state index in [4.69, 9.17) is 10.5 Å². The Morgan fingerprint density at radius 3 is 1.81 bits per heavy atom. The van der Waals surface area contributed by atoms with E-state index in [2.05, 4.69) is 5.32 Å². The lowest BCUT2D eigenvalue weighted by Crippen LogP contribution is -2.42. The van der Waals surface area contributed by atoms with Gasteiger partial charge in [0, 0.05) is 16.8 Å². The Kier molecular flexibility index (Phi) is 10.9. The quantitative estimate of drug-likeness (QED) is 0.449. The lowest BCUT2D eigenvalue weighted by Gasteiger charge is -2.29. The van der Waals surface area contributed by atoms with Crippen molar-refractivity contribution in [2.45, 2.75) is 36.5 Å². The van der Waals surface area contributed by atoms with Gasteiger partial charge in [-0.05, 0) is 36.1 Å². The monoisotopic (exact) mass is 506 g/mol. The summed E-state index contributed by atoms with van der Waals surface area (Å²) >= 11 is 0. The molecule has 4 rings (SSSR count). The van der Waals surface area contributed by atoms with Gasteiger partial charge in [-0.1, -0.05) is 97.4 Å². The smallest absolute Gasteiger partial charge is 0.314 e. The van der Waals surface area contributed by atoms with E-state index in [1.807, 2.05) is 91.0 Å². The van der Waals surface area contributed by atoms with E-state index < -0.39 is 16.7 Å². The number of hydrogen-bond donors (Lipinski definition) is 2. The molecule has 1 saturated heterocycles. The average molecular weight is 507 g/mol. The van der Waals surface area contributed by atoms with E-state index in [1.165, 1.54) is 20.0 Å². The van der Waals surface area contributed by atoms with Crippen molar-refractivity contribution in [1.82, 2.24) is 5.32 Å². The number of ether oxygens (including phenoxy) is 1. The molecule has 1 heterocycles. The average Bonchev–Trinajstić information content (AvgIpc) is 2.91. The first-order chi connectivity index (χ1) is 17.5. The Hall–Kier alpha value is -3.29. The Morgan fingerprint density at radius 2 is 1.39 bits per heavy atom. The number of carbonyl (C=O) groups is 2. The molecule has 0 saturated carbocycles. The number of rotatable bonds is 8. The second-order valence-corrected chi connectivity index (χ2v) is 10.2. The van der Waals surface area contributed by atoms with Crippen LogP contribution >= 0.6 is 0 Å². The maximum Gasteiger partial charge on any atom is 0.314 e. The second-order valence-electron chi connectivity index (χ2n) is 8.66. The van der Waals surface area contributed by atoms with Crippen LogP contribution in [0, 0.1) is 0 Å². The molecule has 3 atom stereocenters. The van der Waals surface area contributed by atoms with E-state index in [0.717, 1.165) is 29.7 Å². The van der Waals surface area contributed by atoms with E-state index in [9.17, 15) is 13.8 Å². The number of hydrogen-bond acceptors (Lipinski definition) is 5. The van der Waals surface area contributed by atoms with Gasteiger partial charge in [-0.2, -0.15) is 0 Å². The molecule has 0 radical (unpaired) electrons. The molecule has 36 heavy (non-hydrogen) atoms. The van der Waals surface area contributed by atoms with Crippen molar-refractivity contribution < 1.29 is 18.5 Å². The molecular weight excluding hydrogens is 472 g/mol. The molecule has 3 unspecified atom stereocenters. The lowest BCUT2D eigenvalue weighted by atomic mass is 9.86. The highest BCUT2D eigenvalue weighted by atomic mass is 32.2. The molecule has 6 nitrogen and oxygen atoms in total. The lowest BCUT2D eigenvalue weighted by molar-refractivity contribution is -0.143. The van der Waals surface area contributed by atoms with Crippen LogP contribution in [0.4, 0.5) is 0 Å². The molecule has 0 bridgehead atoms. The van der Waals surface area contributed by atoms with E-state index >= 15 is 0 Å². The van der Waals surface area contributed by atoms with Gasteiger partial charge < -0.3 is 15.8 Å². The molecule has 3 aromatic rings. The van der Waals surface area contributed by atoms with Gasteiger partial charge in [-0.15, -0.1) is 0 Å². The third kappa shape index (κ3) is 7.86. The number of piperidine rings is 1. The van der Waals surface area contributed by atoms with E-state index in [1.54, 1.807) is 0 Å². The third-order valence-electron chi connectivity index (χ3n) is 6.12. The number of nitrogens with two attached hydrogens (primary N) is 1. The highest BCUT2D eigenvalue weighted by Gasteiger charge is 2.31. The fourth-order valence-corrected chi connectivity index (χ4v) is 5.83. The Morgan fingerprint density at radius 1 is 0.889 bits per heavy atom. The van der Waals surface area contributed by atoms with Crippen molar-refractivity contribution in [1.29, 1.82) is 0 Å². The minimum atomic E-state index is -1.36. The largest absolute Gasteiger partial charge is 0.469 e. The minimum Gasteiger partial charge on any atom is -0.469 e. The van der Waals surface area contributed by atoms with Gasteiger partial charge in [-0.3, -0.25) is 13.8 Å². The van der Waals surface area contributed by atoms with Crippen molar-refractivity contribution in [3.8, 4) is 0 Å². The van der Waals surface area contributed by atoms with Gasteiger partial charge in [-0.25, -0.2) is 0 Å². The predicted octanol–water partition coefficient (Wildman–Crippen LogP) is 4.10. The summed E-state index contributed by atoms with van der Waals surface area (Å²) in [4.78, 5) is 23.0. The zero-order chi connectivity index (χ0) is 25.8. The van der Waals surface area contributed by atoms with Crippen LogP contribution in [0.5, 0.6) is 0 Å². The molecule has 3 aromatic carbocycles. The van der Waals surface area contributed by atoms with Gasteiger partial charge in [0.25, 0.3) is 0 Å². The highest BCUT2D eigenvalue weighted by molar-refractivity contribution is 7.86. The molecule has 0 aliphatic carbocycles. The van der Waals surface area contributed by atoms with E-state index in [-0.39, 0.29) is 28.9 Å². The van der Waals surface area contributed by atoms with Crippen LogP contribution in [-0.2, 0) is 25.1 Å². The Balaban J connectivity index is 0.000000202. The van der Waals surface area contributed by atoms with Crippen LogP contribution in [0.1, 0.15) is 47.1 Å². The van der Waals surface area contributed by atoms with Crippen molar-refractivity contribution in [2.75, 3.05) is 19.4 Å². The SMILES string of the molecule is COC(=O)C(c1ccccc1)C1CCCCN1.NC(=O)CS(=O)C(c1ccccc1)c1ccccc1. The molecule has 1 aliphatic rings. The molecule has 0 aromatic heterocycles. The first kappa shape index (κ1) is 27.3. The van der Waals surface area contributed by atoms with Crippen molar-refractivity contribution in [3.05, 3.63) is 108 Å². The molecule has 1 amide bonds. The molecule has 3 N–H and O–H groups in total. The molecule has 190 valence electrons. The maximum absolute atomic E-state index is 12.4. The Bertz CT molecular complexity index is 1060. The molecule has 1 fully saturated rings. The zero-order valence-corrected chi connectivity index (χ0v) is 21.4. The summed E-state index contributed by atoms with van der Waals surface area (Å²) in [6, 6.07) is 29.1. The van der Waals surface area contributed by atoms with Crippen LogP contribution in [0.25, 0.3) is 0 Å². The summed E-state index contributed by atoms with van der Waals surface area (Å²) in [6.07, 6.45) is 3.41. The van der Waals surface area contributed by atoms with Gasteiger partial charge in [0.1, 0.15) is 5.75 Å². The van der Waals surface area contributed by atoms with Gasteiger partial charge in [0.2, 0.25) is 5.91 Å². The van der Waals surface area contributed by atoms with Crippen LogP contribution in [0.15, 0.2) is 91.0 Å². The molecular formula is C29H34N2O4S. The van der Waals surface area contributed by atoms with E-state index in [0.29, 0.717) is 0 Å². The minimum absolute atomic E-state index is 0.131. The fraction of sp³-hybridized carbons (Fsp3) is 0.310. The van der Waals surface area contributed by atoms with Gasteiger partial charge in [0.15, 0.2) is 0 Å². The summed E-state index contributed by atoms with van der Waals surface area (Å²) in [5.41, 5.74) is 8.04. The van der Waals surface area contributed by atoms with Gasteiger partial charge in [0.05, 0.1) is 18.3 Å². The van der Waals surface area contributed by atoms with Crippen LogP contribution in [-0.4, -0.2) is 41.5 Å². The summed E-state index contributed by atoms with van der Waals surface area (Å²) in [6.45, 7) is 0.991. The zero-order valence-electron chi connectivity index (χ0n) is 20.5. The fourth-order valence-electron chi connectivity index (χ4n) is 4.46. The number of primary amides is 1. The normalized spacial score (nSPS) is 16.8. The second kappa shape index (κ2) is 14.3. The topological polar surface area (TPSA) is 98.5 Å². The summed E-state index contributed by atoms with van der Waals surface area (Å²) < 4.78 is 17.3. The van der Waals surface area contributed by atoms with Crippen molar-refractivity contribution in [2.24, 2.45) is 5.73 Å². The van der Waals surface area contributed by atoms with Gasteiger partial charge >= 0.3 is 5.97 Å². The number of benzene rings is 3. The Labute approximate surface area is 215 Å². The summed E-state index contributed by atoms with van der Waals surface area (Å²) in [5.74, 6) is -0.999. The summed E-state index contributed by atoms with van der Waals surface area (Å²) in [7, 11) is 0.0950. The van der Waals surface area contributed by atoms with Crippen molar-refractivity contribution in [3.63, 3.8) is 0 Å². The number of carbonyl (C=O) groups excluding carboxylic acids is 2. The molecule has 7 heteroatoms. The van der Waals surface area contributed by atoms with Crippen LogP contribution in [0.2, 0.25) is 0 Å². The first-order valence-electron chi connectivity index (χ1n) is 12.1. The standard InChI is InChI=1S/C15H15NO2S.C14H19NO2/c16-14(17)11-19(18)15(12-7-3-1-4-8-12)13-9-5-2-6-10-13;1-17-14(16)13(11-7-3-2-4-8-11)12-9-5-6-10-15-12/h1-10,15H,11H2,(H2,16,17);2-4,7-8,12-13,15H,5-6,9-10H2,1H3. The number of nitrogens with one attached hydrogen (secondary N) is 1. The third-order valence-corrected chi connectivity index (χ3v) is 7.76. The highest BCUT2D eigenvalue weighted by Crippen LogP contribution is 2.28. The maximum atomic E-state index is 12.4. The number of methoxy groups -OCH3 is 1.